The molecule has 1 fully saturated rings. The molecule has 8 nitrogen and oxygen atoms in total. The number of carbonyl (C=O) groups is 1. The monoisotopic (exact) mass is 459 g/mol. The lowest BCUT2D eigenvalue weighted by Crippen LogP contribution is -2.41. The van der Waals surface area contributed by atoms with Gasteiger partial charge in [0.1, 0.15) is 17.0 Å². The van der Waals surface area contributed by atoms with Crippen LogP contribution in [0.5, 0.6) is 0 Å². The Balaban J connectivity index is 1.60. The number of morpholine rings is 1. The average Bonchev–Trinajstić information content (AvgIpc) is 3.52. The van der Waals surface area contributed by atoms with Crippen LogP contribution in [0.2, 0.25) is 0 Å². The van der Waals surface area contributed by atoms with E-state index in [2.05, 4.69) is 31.8 Å². The first-order valence-electron chi connectivity index (χ1n) is 10.5. The van der Waals surface area contributed by atoms with Crippen LogP contribution >= 0.6 is 11.3 Å². The van der Waals surface area contributed by atoms with Gasteiger partial charge >= 0.3 is 0 Å². The van der Waals surface area contributed by atoms with Gasteiger partial charge in [0, 0.05) is 52.9 Å². The number of ether oxygens (including phenoxy) is 1. The summed E-state index contributed by atoms with van der Waals surface area (Å²) in [5.74, 6) is 5.87. The molecule has 9 heteroatoms. The molecule has 1 aliphatic rings. The molecule has 1 aliphatic heterocycles. The summed E-state index contributed by atoms with van der Waals surface area (Å²) < 4.78 is 5.39. The standard InChI is InChI=1S/C24H21N5O3S/c1-24(31,23-26-8-13-33-23)6-4-16-2-3-18-17(14-16)20(19-5-7-25-15-27-19)21(28-18)22(30)29-9-11-32-12-10-29/h2-3,5,7-8,13-15,28,31H,9-12H2,1H3. The zero-order valence-corrected chi connectivity index (χ0v) is 18.7. The average molecular weight is 460 g/mol. The Labute approximate surface area is 194 Å². The predicted molar refractivity (Wildman–Crippen MR) is 125 cm³/mol. The number of hydrogen-bond donors (Lipinski definition) is 2. The van der Waals surface area contributed by atoms with Crippen molar-refractivity contribution in [2.75, 3.05) is 26.3 Å². The van der Waals surface area contributed by atoms with Gasteiger partial charge in [-0.25, -0.2) is 15.0 Å². The lowest BCUT2D eigenvalue weighted by molar-refractivity contribution is 0.0300. The van der Waals surface area contributed by atoms with Gasteiger partial charge in [0.05, 0.1) is 18.9 Å². The molecular weight excluding hydrogens is 438 g/mol. The van der Waals surface area contributed by atoms with Crippen LogP contribution in [-0.2, 0) is 10.3 Å². The molecule has 2 N–H and O–H groups in total. The van der Waals surface area contributed by atoms with Gasteiger partial charge in [-0.1, -0.05) is 11.8 Å². The SMILES string of the molecule is CC(O)(C#Cc1ccc2[nH]c(C(=O)N3CCOCC3)c(-c3ccncn3)c2c1)c1nccs1. The van der Waals surface area contributed by atoms with Gasteiger partial charge in [0.25, 0.3) is 5.91 Å². The predicted octanol–water partition coefficient (Wildman–Crippen LogP) is 2.81. The Bertz CT molecular complexity index is 1350. The fourth-order valence-corrected chi connectivity index (χ4v) is 4.42. The molecule has 1 saturated heterocycles. The van der Waals surface area contributed by atoms with Crippen LogP contribution in [-0.4, -0.2) is 62.2 Å². The first kappa shape index (κ1) is 21.3. The number of benzene rings is 1. The minimum absolute atomic E-state index is 0.0950. The number of amides is 1. The first-order valence-corrected chi connectivity index (χ1v) is 11.4. The van der Waals surface area contributed by atoms with Crippen molar-refractivity contribution in [3.8, 4) is 23.1 Å². The number of aromatic amines is 1. The van der Waals surface area contributed by atoms with Crippen molar-refractivity contribution < 1.29 is 14.6 Å². The van der Waals surface area contributed by atoms with E-state index in [0.717, 1.165) is 10.9 Å². The van der Waals surface area contributed by atoms with E-state index in [1.54, 1.807) is 35.7 Å². The van der Waals surface area contributed by atoms with E-state index in [1.165, 1.54) is 17.7 Å². The number of carbonyl (C=O) groups excluding carboxylic acids is 1. The maximum atomic E-state index is 13.4. The highest BCUT2D eigenvalue weighted by molar-refractivity contribution is 7.09. The molecule has 0 spiro atoms. The van der Waals surface area contributed by atoms with Crippen molar-refractivity contribution in [3.05, 3.63) is 64.6 Å². The van der Waals surface area contributed by atoms with Gasteiger partial charge < -0.3 is 19.7 Å². The molecule has 1 unspecified atom stereocenters. The number of thiazole rings is 1. The minimum Gasteiger partial charge on any atom is -0.378 e. The summed E-state index contributed by atoms with van der Waals surface area (Å²) >= 11 is 1.35. The van der Waals surface area contributed by atoms with Crippen LogP contribution in [0.3, 0.4) is 0 Å². The van der Waals surface area contributed by atoms with Crippen LogP contribution in [0.1, 0.15) is 28.0 Å². The van der Waals surface area contributed by atoms with Gasteiger partial charge in [-0.2, -0.15) is 0 Å². The third-order valence-corrected chi connectivity index (χ3v) is 6.43. The molecule has 0 saturated carbocycles. The summed E-state index contributed by atoms with van der Waals surface area (Å²) in [6.45, 7) is 3.75. The number of H-pyrrole nitrogens is 1. The highest BCUT2D eigenvalue weighted by atomic mass is 32.1. The van der Waals surface area contributed by atoms with Crippen LogP contribution in [0.4, 0.5) is 0 Å². The molecule has 5 rings (SSSR count). The molecule has 0 bridgehead atoms. The molecule has 1 amide bonds. The number of rotatable bonds is 3. The zero-order chi connectivity index (χ0) is 22.8. The molecular formula is C24H21N5O3S. The number of aromatic nitrogens is 4. The Morgan fingerprint density at radius 1 is 1.24 bits per heavy atom. The maximum absolute atomic E-state index is 13.4. The molecule has 33 heavy (non-hydrogen) atoms. The van der Waals surface area contributed by atoms with Gasteiger partial charge in [0.15, 0.2) is 5.60 Å². The Kier molecular flexibility index (Phi) is 5.64. The summed E-state index contributed by atoms with van der Waals surface area (Å²) in [7, 11) is 0. The van der Waals surface area contributed by atoms with Gasteiger partial charge in [-0.05, 0) is 31.2 Å². The number of hydrogen-bond acceptors (Lipinski definition) is 7. The molecule has 1 aromatic carbocycles. The van der Waals surface area contributed by atoms with Crippen LogP contribution in [0.15, 0.2) is 48.4 Å². The highest BCUT2D eigenvalue weighted by Crippen LogP contribution is 2.33. The van der Waals surface area contributed by atoms with Gasteiger partial charge in [-0.3, -0.25) is 4.79 Å². The maximum Gasteiger partial charge on any atom is 0.271 e. The molecule has 166 valence electrons. The summed E-state index contributed by atoms with van der Waals surface area (Å²) in [5.41, 5.74) is 1.99. The lowest BCUT2D eigenvalue weighted by atomic mass is 10.0. The fourth-order valence-electron chi connectivity index (χ4n) is 3.77. The van der Waals surface area contributed by atoms with Gasteiger partial charge in [-0.15, -0.1) is 11.3 Å². The number of fused-ring (bicyclic) bond motifs is 1. The normalized spacial score (nSPS) is 15.6. The van der Waals surface area contributed by atoms with Crippen molar-refractivity contribution >= 4 is 28.1 Å². The molecule has 1 atom stereocenters. The van der Waals surface area contributed by atoms with Crippen molar-refractivity contribution in [2.24, 2.45) is 0 Å². The van der Waals surface area contributed by atoms with Gasteiger partial charge in [0.2, 0.25) is 0 Å². The van der Waals surface area contributed by atoms with Crippen LogP contribution in [0.25, 0.3) is 22.2 Å². The summed E-state index contributed by atoms with van der Waals surface area (Å²) in [4.78, 5) is 31.0. The number of nitrogens with zero attached hydrogens (tertiary/aromatic N) is 4. The summed E-state index contributed by atoms with van der Waals surface area (Å²) in [6.07, 6.45) is 4.76. The molecule has 0 aliphatic carbocycles. The number of aliphatic hydroxyl groups is 1. The third-order valence-electron chi connectivity index (χ3n) is 5.45. The largest absolute Gasteiger partial charge is 0.378 e. The summed E-state index contributed by atoms with van der Waals surface area (Å²) in [5, 5.41) is 13.9. The van der Waals surface area contributed by atoms with E-state index in [0.29, 0.717) is 53.8 Å². The second-order valence-corrected chi connectivity index (χ2v) is 8.69. The van der Waals surface area contributed by atoms with Crippen molar-refractivity contribution in [2.45, 2.75) is 12.5 Å². The molecule has 3 aromatic heterocycles. The van der Waals surface area contributed by atoms with E-state index in [4.69, 9.17) is 4.74 Å². The van der Waals surface area contributed by atoms with E-state index < -0.39 is 5.60 Å². The third kappa shape index (κ3) is 4.24. The van der Waals surface area contributed by atoms with E-state index in [9.17, 15) is 9.90 Å². The van der Waals surface area contributed by atoms with Crippen LogP contribution in [0, 0.1) is 11.8 Å². The minimum atomic E-state index is -1.35. The number of nitrogens with one attached hydrogen (secondary N) is 1. The van der Waals surface area contributed by atoms with Crippen molar-refractivity contribution in [1.29, 1.82) is 0 Å². The topological polar surface area (TPSA) is 104 Å². The second kappa shape index (κ2) is 8.75. The molecule has 0 radical (unpaired) electrons. The molecule has 4 heterocycles. The lowest BCUT2D eigenvalue weighted by Gasteiger charge is -2.26. The molecule has 4 aromatic rings. The van der Waals surface area contributed by atoms with E-state index in [1.807, 2.05) is 18.2 Å². The van der Waals surface area contributed by atoms with Crippen LogP contribution < -0.4 is 0 Å². The first-order chi connectivity index (χ1) is 16.0. The van der Waals surface area contributed by atoms with Crippen molar-refractivity contribution in [3.63, 3.8) is 0 Å². The van der Waals surface area contributed by atoms with E-state index in [-0.39, 0.29) is 5.91 Å². The highest BCUT2D eigenvalue weighted by Gasteiger charge is 2.26. The Morgan fingerprint density at radius 2 is 2.09 bits per heavy atom. The Hall–Kier alpha value is -3.58. The fraction of sp³-hybridized carbons (Fsp3) is 0.250. The summed E-state index contributed by atoms with van der Waals surface area (Å²) in [6, 6.07) is 7.43. The quantitative estimate of drug-likeness (QED) is 0.457. The van der Waals surface area contributed by atoms with Crippen molar-refractivity contribution in [1.82, 2.24) is 24.8 Å². The Morgan fingerprint density at radius 3 is 2.82 bits per heavy atom. The van der Waals surface area contributed by atoms with E-state index >= 15 is 0 Å². The smallest absolute Gasteiger partial charge is 0.271 e. The second-order valence-electron chi connectivity index (χ2n) is 7.79. The zero-order valence-electron chi connectivity index (χ0n) is 17.9.